The van der Waals surface area contributed by atoms with Gasteiger partial charge in [0.2, 0.25) is 0 Å². The zero-order chi connectivity index (χ0) is 13.3. The molecule has 0 N–H and O–H groups in total. The minimum Gasteiger partial charge on any atom is -0.344 e. The van der Waals surface area contributed by atoms with Crippen molar-refractivity contribution >= 4 is 15.9 Å². The van der Waals surface area contributed by atoms with Crippen LogP contribution in [0.3, 0.4) is 0 Å². The Balaban J connectivity index is 1.89. The van der Waals surface area contributed by atoms with Crippen molar-refractivity contribution in [3.05, 3.63) is 0 Å². The summed E-state index contributed by atoms with van der Waals surface area (Å²) in [6.07, 6.45) is 0.0633. The van der Waals surface area contributed by atoms with Crippen LogP contribution in [0.1, 0.15) is 20.3 Å². The van der Waals surface area contributed by atoms with E-state index in [1.165, 1.54) is 0 Å². The lowest BCUT2D eigenvalue weighted by Crippen LogP contribution is -2.35. The van der Waals surface area contributed by atoms with Crippen molar-refractivity contribution in [1.29, 1.82) is 0 Å². The van der Waals surface area contributed by atoms with Crippen LogP contribution in [0.4, 0.5) is 0 Å². The highest BCUT2D eigenvalue weighted by Crippen LogP contribution is 2.52. The quantitative estimate of drug-likeness (QED) is 0.664. The molecule has 2 saturated carbocycles. The Labute approximate surface area is 106 Å². The van der Waals surface area contributed by atoms with Gasteiger partial charge >= 0.3 is 0 Å². The number of ether oxygens (including phenoxy) is 2. The van der Waals surface area contributed by atoms with Gasteiger partial charge in [-0.2, -0.15) is 8.42 Å². The summed E-state index contributed by atoms with van der Waals surface area (Å²) in [5, 5.41) is 0. The average Bonchev–Trinajstić information content (AvgIpc) is 2.68. The fourth-order valence-electron chi connectivity index (χ4n) is 3.37. The van der Waals surface area contributed by atoms with Gasteiger partial charge in [-0.25, -0.2) is 0 Å². The van der Waals surface area contributed by atoms with Gasteiger partial charge in [0, 0.05) is 12.3 Å². The molecule has 0 amide bonds. The highest BCUT2D eigenvalue weighted by molar-refractivity contribution is 7.86. The van der Waals surface area contributed by atoms with Crippen molar-refractivity contribution in [3.63, 3.8) is 0 Å². The molecule has 1 heterocycles. The second-order valence-electron chi connectivity index (χ2n) is 5.69. The fourth-order valence-corrected chi connectivity index (χ4v) is 4.03. The number of ketones is 1. The van der Waals surface area contributed by atoms with Crippen LogP contribution in [0.25, 0.3) is 0 Å². The third kappa shape index (κ3) is 1.80. The summed E-state index contributed by atoms with van der Waals surface area (Å²) in [4.78, 5) is 11.9. The topological polar surface area (TPSA) is 78.9 Å². The molecule has 102 valence electrons. The van der Waals surface area contributed by atoms with E-state index in [9.17, 15) is 13.2 Å². The largest absolute Gasteiger partial charge is 0.344 e. The SMILES string of the molecule is CC1(C)O[C@H]2[C@@H]3CC(=O)[C@@H]([C@@H]3OS(C)(=O)=O)[C@H]2O1. The van der Waals surface area contributed by atoms with Crippen molar-refractivity contribution in [1.82, 2.24) is 0 Å². The molecule has 18 heavy (non-hydrogen) atoms. The van der Waals surface area contributed by atoms with Gasteiger partial charge < -0.3 is 9.47 Å². The summed E-state index contributed by atoms with van der Waals surface area (Å²) in [7, 11) is -3.58. The number of carbonyl (C=O) groups excluding carboxylic acids is 1. The number of carbonyl (C=O) groups is 1. The van der Waals surface area contributed by atoms with Gasteiger partial charge in [0.05, 0.1) is 30.5 Å². The lowest BCUT2D eigenvalue weighted by Gasteiger charge is -2.23. The number of fused-ring (bicyclic) bond motifs is 5. The van der Waals surface area contributed by atoms with Crippen molar-refractivity contribution in [2.24, 2.45) is 11.8 Å². The molecule has 7 heteroatoms. The molecule has 6 nitrogen and oxygen atoms in total. The smallest absolute Gasteiger partial charge is 0.264 e. The van der Waals surface area contributed by atoms with E-state index in [-0.39, 0.29) is 23.9 Å². The van der Waals surface area contributed by atoms with E-state index in [0.717, 1.165) is 6.26 Å². The lowest BCUT2D eigenvalue weighted by molar-refractivity contribution is -0.165. The van der Waals surface area contributed by atoms with Crippen LogP contribution < -0.4 is 0 Å². The Kier molecular flexibility index (Phi) is 2.46. The van der Waals surface area contributed by atoms with Crippen molar-refractivity contribution in [2.45, 2.75) is 44.4 Å². The number of hydrogen-bond acceptors (Lipinski definition) is 6. The summed E-state index contributed by atoms with van der Waals surface area (Å²) >= 11 is 0. The summed E-state index contributed by atoms with van der Waals surface area (Å²) in [5.74, 6) is -1.44. The molecular weight excluding hydrogens is 260 g/mol. The van der Waals surface area contributed by atoms with Gasteiger partial charge in [0.15, 0.2) is 5.79 Å². The second kappa shape index (κ2) is 3.53. The molecule has 0 spiro atoms. The Morgan fingerprint density at radius 2 is 1.89 bits per heavy atom. The molecule has 1 aliphatic heterocycles. The van der Waals surface area contributed by atoms with Crippen LogP contribution in [0.15, 0.2) is 0 Å². The Morgan fingerprint density at radius 3 is 2.50 bits per heavy atom. The van der Waals surface area contributed by atoms with Crippen LogP contribution in [0.5, 0.6) is 0 Å². The fraction of sp³-hybridized carbons (Fsp3) is 0.909. The number of Topliss-reactive ketones (excluding diaryl/α,β-unsaturated/α-hetero) is 1. The molecule has 5 atom stereocenters. The maximum atomic E-state index is 11.9. The van der Waals surface area contributed by atoms with Crippen molar-refractivity contribution in [3.8, 4) is 0 Å². The normalized spacial score (nSPS) is 45.5. The van der Waals surface area contributed by atoms with E-state index >= 15 is 0 Å². The van der Waals surface area contributed by atoms with E-state index in [1.807, 2.05) is 0 Å². The van der Waals surface area contributed by atoms with Gasteiger partial charge in [0.1, 0.15) is 5.78 Å². The molecule has 1 saturated heterocycles. The Hall–Kier alpha value is -0.500. The summed E-state index contributed by atoms with van der Waals surface area (Å²) < 4.78 is 39.0. The maximum Gasteiger partial charge on any atom is 0.264 e. The average molecular weight is 276 g/mol. The van der Waals surface area contributed by atoms with Crippen LogP contribution in [-0.2, 0) is 28.6 Å². The molecular formula is C11H16O6S. The Morgan fingerprint density at radius 1 is 1.28 bits per heavy atom. The molecule has 3 rings (SSSR count). The van der Waals surface area contributed by atoms with Crippen LogP contribution >= 0.6 is 0 Å². The number of hydrogen-bond donors (Lipinski definition) is 0. The molecule has 0 radical (unpaired) electrons. The molecule has 2 bridgehead atoms. The van der Waals surface area contributed by atoms with E-state index in [4.69, 9.17) is 13.7 Å². The third-order valence-electron chi connectivity index (χ3n) is 3.81. The minimum atomic E-state index is -3.58. The predicted molar refractivity (Wildman–Crippen MR) is 60.1 cm³/mol. The summed E-state index contributed by atoms with van der Waals surface area (Å²) in [6, 6.07) is 0. The van der Waals surface area contributed by atoms with E-state index in [1.54, 1.807) is 13.8 Å². The summed E-state index contributed by atoms with van der Waals surface area (Å²) in [6.45, 7) is 3.59. The molecule has 3 aliphatic rings. The first-order valence-electron chi connectivity index (χ1n) is 5.94. The van der Waals surface area contributed by atoms with E-state index in [2.05, 4.69) is 0 Å². The van der Waals surface area contributed by atoms with E-state index in [0.29, 0.717) is 6.42 Å². The van der Waals surface area contributed by atoms with Crippen LogP contribution in [0.2, 0.25) is 0 Å². The second-order valence-corrected chi connectivity index (χ2v) is 7.29. The van der Waals surface area contributed by atoms with Gasteiger partial charge in [-0.1, -0.05) is 0 Å². The molecule has 0 aromatic rings. The molecule has 0 aromatic heterocycles. The minimum absolute atomic E-state index is 0.0104. The van der Waals surface area contributed by atoms with Crippen LogP contribution in [0, 0.1) is 11.8 Å². The Bertz CT molecular complexity index is 496. The monoisotopic (exact) mass is 276 g/mol. The molecule has 0 unspecified atom stereocenters. The van der Waals surface area contributed by atoms with Gasteiger partial charge in [-0.3, -0.25) is 8.98 Å². The zero-order valence-electron chi connectivity index (χ0n) is 10.5. The molecule has 0 aromatic carbocycles. The third-order valence-corrected chi connectivity index (χ3v) is 4.38. The first-order chi connectivity index (χ1) is 8.18. The molecule has 3 fully saturated rings. The van der Waals surface area contributed by atoms with Crippen molar-refractivity contribution in [2.75, 3.05) is 6.26 Å². The lowest BCUT2D eigenvalue weighted by atomic mass is 9.94. The van der Waals surface area contributed by atoms with Crippen LogP contribution in [-0.4, -0.2) is 44.6 Å². The number of rotatable bonds is 2. The summed E-state index contributed by atoms with van der Waals surface area (Å²) in [5.41, 5.74) is 0. The van der Waals surface area contributed by atoms with Gasteiger partial charge in [0.25, 0.3) is 10.1 Å². The maximum absolute atomic E-state index is 11.9. The predicted octanol–water partition coefficient (Wildman–Crippen LogP) is 0.0701. The van der Waals surface area contributed by atoms with Gasteiger partial charge in [-0.05, 0) is 13.8 Å². The highest BCUT2D eigenvalue weighted by atomic mass is 32.2. The first kappa shape index (κ1) is 12.5. The van der Waals surface area contributed by atoms with E-state index < -0.39 is 27.9 Å². The van der Waals surface area contributed by atoms with Crippen molar-refractivity contribution < 1.29 is 26.9 Å². The molecule has 2 aliphatic carbocycles. The first-order valence-corrected chi connectivity index (χ1v) is 7.76. The van der Waals surface area contributed by atoms with Gasteiger partial charge in [-0.15, -0.1) is 0 Å². The highest BCUT2D eigenvalue weighted by Gasteiger charge is 2.66. The zero-order valence-corrected chi connectivity index (χ0v) is 11.3. The standard InChI is InChI=1S/C11H16O6S/c1-11(2)15-9-5-4-6(12)7(10(9)16-11)8(5)17-18(3,13)14/h5,7-10H,4H2,1-3H3/t5-,7+,8-,9+,10-/m1/s1.